The van der Waals surface area contributed by atoms with Crippen LogP contribution in [-0.4, -0.2) is 37.0 Å². The van der Waals surface area contributed by atoms with E-state index < -0.39 is 0 Å². The van der Waals surface area contributed by atoms with Crippen molar-refractivity contribution in [3.8, 4) is 12.3 Å². The zero-order chi connectivity index (χ0) is 14.9. The predicted molar refractivity (Wildman–Crippen MR) is 86.5 cm³/mol. The first-order valence-corrected chi connectivity index (χ1v) is 7.44. The number of rotatable bonds is 5. The molecule has 1 aliphatic rings. The van der Waals surface area contributed by atoms with Gasteiger partial charge in [0, 0.05) is 12.5 Å². The Morgan fingerprint density at radius 2 is 2.05 bits per heavy atom. The molecule has 0 aliphatic carbocycles. The van der Waals surface area contributed by atoms with Gasteiger partial charge >= 0.3 is 0 Å². The Hall–Kier alpha value is -2.05. The van der Waals surface area contributed by atoms with Gasteiger partial charge in [0.15, 0.2) is 0 Å². The third kappa shape index (κ3) is 5.09. The van der Waals surface area contributed by atoms with E-state index in [1.807, 2.05) is 42.5 Å². The van der Waals surface area contributed by atoms with Gasteiger partial charge in [-0.15, -0.1) is 6.42 Å². The van der Waals surface area contributed by atoms with E-state index in [-0.39, 0.29) is 11.8 Å². The van der Waals surface area contributed by atoms with Gasteiger partial charge in [-0.2, -0.15) is 0 Å². The second kappa shape index (κ2) is 8.28. The minimum absolute atomic E-state index is 0.129. The van der Waals surface area contributed by atoms with Crippen LogP contribution in [0.2, 0.25) is 0 Å². The minimum Gasteiger partial charge on any atom is -0.352 e. The maximum absolute atomic E-state index is 12.1. The molecule has 3 heteroatoms. The molecule has 21 heavy (non-hydrogen) atoms. The van der Waals surface area contributed by atoms with E-state index in [4.69, 9.17) is 6.42 Å². The molecule has 1 aromatic rings. The summed E-state index contributed by atoms with van der Waals surface area (Å²) in [6.07, 6.45) is 11.1. The minimum atomic E-state index is 0.129. The lowest BCUT2D eigenvalue weighted by molar-refractivity contribution is -0.126. The van der Waals surface area contributed by atoms with E-state index in [2.05, 4.69) is 16.1 Å². The van der Waals surface area contributed by atoms with Crippen LogP contribution in [0.1, 0.15) is 18.4 Å². The molecule has 3 nitrogen and oxygen atoms in total. The number of likely N-dealkylation sites (tertiary alicyclic amines) is 1. The zero-order valence-electron chi connectivity index (χ0n) is 12.3. The lowest BCUT2D eigenvalue weighted by Gasteiger charge is -2.29. The van der Waals surface area contributed by atoms with Crippen molar-refractivity contribution < 1.29 is 4.79 Å². The summed E-state index contributed by atoms with van der Waals surface area (Å²) < 4.78 is 0. The van der Waals surface area contributed by atoms with Crippen molar-refractivity contribution in [1.29, 1.82) is 0 Å². The molecule has 1 fully saturated rings. The molecule has 0 saturated carbocycles. The fraction of sp³-hybridized carbons (Fsp3) is 0.389. The van der Waals surface area contributed by atoms with Crippen LogP contribution in [0.4, 0.5) is 0 Å². The Morgan fingerprint density at radius 1 is 1.33 bits per heavy atom. The first-order chi connectivity index (χ1) is 10.3. The molecule has 1 heterocycles. The van der Waals surface area contributed by atoms with E-state index in [0.29, 0.717) is 13.1 Å². The smallest absolute Gasteiger partial charge is 0.223 e. The number of carbonyl (C=O) groups is 1. The molecule has 1 aromatic carbocycles. The molecular weight excluding hydrogens is 260 g/mol. The van der Waals surface area contributed by atoms with Crippen LogP contribution in [0.5, 0.6) is 0 Å². The summed E-state index contributed by atoms with van der Waals surface area (Å²) in [7, 11) is 0. The summed E-state index contributed by atoms with van der Waals surface area (Å²) >= 11 is 0. The van der Waals surface area contributed by atoms with Crippen LogP contribution in [0.15, 0.2) is 36.4 Å². The quantitative estimate of drug-likeness (QED) is 0.839. The van der Waals surface area contributed by atoms with Crippen LogP contribution >= 0.6 is 0 Å². The maximum atomic E-state index is 12.1. The monoisotopic (exact) mass is 282 g/mol. The number of amides is 1. The molecule has 1 N–H and O–H groups in total. The fourth-order valence-electron chi connectivity index (χ4n) is 2.55. The summed E-state index contributed by atoms with van der Waals surface area (Å²) in [5.41, 5.74) is 1.15. The van der Waals surface area contributed by atoms with Gasteiger partial charge in [0.05, 0.1) is 6.54 Å². The van der Waals surface area contributed by atoms with Crippen LogP contribution < -0.4 is 5.32 Å². The van der Waals surface area contributed by atoms with Gasteiger partial charge in [-0.05, 0) is 31.5 Å². The van der Waals surface area contributed by atoms with Crippen molar-refractivity contribution in [2.24, 2.45) is 5.92 Å². The first kappa shape index (κ1) is 15.3. The van der Waals surface area contributed by atoms with Gasteiger partial charge < -0.3 is 5.32 Å². The summed E-state index contributed by atoms with van der Waals surface area (Å²) in [6, 6.07) is 10.1. The number of benzene rings is 1. The Labute approximate surface area is 127 Å². The Morgan fingerprint density at radius 3 is 2.71 bits per heavy atom. The fourth-order valence-corrected chi connectivity index (χ4v) is 2.55. The Kier molecular flexibility index (Phi) is 6.05. The highest BCUT2D eigenvalue weighted by atomic mass is 16.1. The molecule has 0 spiro atoms. The molecule has 0 radical (unpaired) electrons. The largest absolute Gasteiger partial charge is 0.352 e. The average Bonchev–Trinajstić information content (AvgIpc) is 2.53. The summed E-state index contributed by atoms with van der Waals surface area (Å²) in [4.78, 5) is 14.3. The zero-order valence-corrected chi connectivity index (χ0v) is 12.3. The highest BCUT2D eigenvalue weighted by Gasteiger charge is 2.23. The summed E-state index contributed by atoms with van der Waals surface area (Å²) in [6.45, 7) is 3.11. The number of carbonyl (C=O) groups excluding carboxylic acids is 1. The van der Waals surface area contributed by atoms with Gasteiger partial charge in [0.2, 0.25) is 5.91 Å². The van der Waals surface area contributed by atoms with Crippen molar-refractivity contribution in [2.75, 3.05) is 26.2 Å². The van der Waals surface area contributed by atoms with Crippen LogP contribution in [0.25, 0.3) is 6.08 Å². The van der Waals surface area contributed by atoms with Gasteiger partial charge in [0.25, 0.3) is 0 Å². The van der Waals surface area contributed by atoms with Gasteiger partial charge in [-0.3, -0.25) is 9.69 Å². The average molecular weight is 282 g/mol. The number of terminal acetylenes is 1. The molecule has 1 saturated heterocycles. The lowest BCUT2D eigenvalue weighted by Crippen LogP contribution is -2.40. The third-order valence-electron chi connectivity index (χ3n) is 3.78. The molecule has 0 atom stereocenters. The lowest BCUT2D eigenvalue weighted by atomic mass is 9.96. The van der Waals surface area contributed by atoms with Crippen LogP contribution in [0, 0.1) is 18.3 Å². The van der Waals surface area contributed by atoms with E-state index in [9.17, 15) is 4.79 Å². The molecule has 0 bridgehead atoms. The molecule has 0 unspecified atom stereocenters. The number of nitrogens with zero attached hydrogens (tertiary/aromatic N) is 1. The molecule has 110 valence electrons. The van der Waals surface area contributed by atoms with Gasteiger partial charge in [-0.1, -0.05) is 48.4 Å². The number of nitrogens with one attached hydrogen (secondary N) is 1. The molecule has 2 rings (SSSR count). The van der Waals surface area contributed by atoms with E-state index in [1.54, 1.807) is 0 Å². The highest BCUT2D eigenvalue weighted by molar-refractivity contribution is 5.79. The number of hydrogen-bond donors (Lipinski definition) is 1. The normalized spacial score (nSPS) is 16.7. The van der Waals surface area contributed by atoms with Gasteiger partial charge in [-0.25, -0.2) is 0 Å². The molecule has 1 amide bonds. The number of piperidine rings is 1. The van der Waals surface area contributed by atoms with Crippen LogP contribution in [0.3, 0.4) is 0 Å². The number of hydrogen-bond acceptors (Lipinski definition) is 2. The third-order valence-corrected chi connectivity index (χ3v) is 3.78. The van der Waals surface area contributed by atoms with E-state index in [1.165, 1.54) is 0 Å². The molecule has 0 aromatic heterocycles. The predicted octanol–water partition coefficient (Wildman–Crippen LogP) is 2.16. The van der Waals surface area contributed by atoms with Crippen molar-refractivity contribution >= 4 is 12.0 Å². The standard InChI is InChI=1S/C18H22N2O/c1-2-13-20-14-10-17(11-15-20)18(21)19-12-6-9-16-7-4-3-5-8-16/h1,3-9,17H,10-15H2,(H,19,21)/b9-6-. The van der Waals surface area contributed by atoms with Crippen molar-refractivity contribution in [1.82, 2.24) is 10.2 Å². The summed E-state index contributed by atoms with van der Waals surface area (Å²) in [5.74, 6) is 2.94. The van der Waals surface area contributed by atoms with Crippen LogP contribution in [-0.2, 0) is 4.79 Å². The maximum Gasteiger partial charge on any atom is 0.223 e. The second-order valence-electron chi connectivity index (χ2n) is 5.31. The Bertz CT molecular complexity index is 508. The molecule has 1 aliphatic heterocycles. The van der Waals surface area contributed by atoms with Crippen molar-refractivity contribution in [3.05, 3.63) is 42.0 Å². The van der Waals surface area contributed by atoms with Gasteiger partial charge in [0.1, 0.15) is 0 Å². The SMILES string of the molecule is C#CCN1CCC(C(=O)NC/C=C\c2ccccc2)CC1. The summed E-state index contributed by atoms with van der Waals surface area (Å²) in [5, 5.41) is 2.98. The van der Waals surface area contributed by atoms with Crippen molar-refractivity contribution in [3.63, 3.8) is 0 Å². The molecular formula is C18H22N2O. The first-order valence-electron chi connectivity index (χ1n) is 7.44. The Balaban J connectivity index is 1.69. The topological polar surface area (TPSA) is 32.3 Å². The second-order valence-corrected chi connectivity index (χ2v) is 5.31. The van der Waals surface area contributed by atoms with Crippen molar-refractivity contribution in [2.45, 2.75) is 12.8 Å². The van der Waals surface area contributed by atoms with E-state index in [0.717, 1.165) is 31.5 Å². The highest BCUT2D eigenvalue weighted by Crippen LogP contribution is 2.16. The van der Waals surface area contributed by atoms with E-state index >= 15 is 0 Å².